The Labute approximate surface area is 143 Å². The second-order valence-electron chi connectivity index (χ2n) is 5.92. The van der Waals surface area contributed by atoms with Crippen LogP contribution >= 0.6 is 0 Å². The van der Waals surface area contributed by atoms with Crippen LogP contribution in [-0.4, -0.2) is 24.1 Å². The van der Waals surface area contributed by atoms with Crippen LogP contribution in [0.15, 0.2) is 55.1 Å². The molecule has 3 aromatic heterocycles. The Morgan fingerprint density at radius 1 is 1.12 bits per heavy atom. The number of aryl methyl sites for hydroxylation is 2. The van der Waals surface area contributed by atoms with Crippen molar-refractivity contribution in [2.24, 2.45) is 0 Å². The highest BCUT2D eigenvalue weighted by Crippen LogP contribution is 2.28. The summed E-state index contributed by atoms with van der Waals surface area (Å²) in [6, 6.07) is 9.20. The zero-order chi connectivity index (χ0) is 17.6. The summed E-state index contributed by atoms with van der Waals surface area (Å²) in [7, 11) is 0. The van der Waals surface area contributed by atoms with Gasteiger partial charge in [-0.2, -0.15) is 5.10 Å². The minimum atomic E-state index is -0.351. The fourth-order valence-corrected chi connectivity index (χ4v) is 3.03. The van der Waals surface area contributed by atoms with E-state index in [0.717, 1.165) is 28.2 Å². The molecule has 3 heterocycles. The molecule has 7 nitrogen and oxygen atoms in total. The summed E-state index contributed by atoms with van der Waals surface area (Å²) >= 11 is 0. The zero-order valence-corrected chi connectivity index (χ0v) is 13.7. The molecule has 0 spiro atoms. The van der Waals surface area contributed by atoms with Gasteiger partial charge in [0, 0.05) is 48.0 Å². The van der Waals surface area contributed by atoms with E-state index < -0.39 is 0 Å². The van der Waals surface area contributed by atoms with E-state index >= 15 is 0 Å². The Balaban J connectivity index is 1.89. The van der Waals surface area contributed by atoms with Gasteiger partial charge in [-0.1, -0.05) is 0 Å². The number of aromatic nitrogens is 4. The summed E-state index contributed by atoms with van der Waals surface area (Å²) in [4.78, 5) is 15.0. The Hall–Kier alpha value is -3.48. The van der Waals surface area contributed by atoms with Crippen LogP contribution in [-0.2, 0) is 0 Å². The molecule has 0 aliphatic heterocycles. The number of imidazole rings is 1. The Morgan fingerprint density at radius 2 is 1.96 bits per heavy atom. The maximum atomic E-state index is 11.3. The molecule has 0 unspecified atom stereocenters. The smallest absolute Gasteiger partial charge is 0.274 e. The normalized spacial score (nSPS) is 11.1. The second-order valence-corrected chi connectivity index (χ2v) is 5.92. The van der Waals surface area contributed by atoms with Gasteiger partial charge in [0.25, 0.3) is 5.69 Å². The fourth-order valence-electron chi connectivity index (χ4n) is 3.03. The van der Waals surface area contributed by atoms with Crippen molar-refractivity contribution in [3.8, 4) is 16.9 Å². The SMILES string of the molecule is Cc1cc(C)c([N+](=O)[O-])cc1-n1ccn2nc(-c3cccnc3)cc12. The summed E-state index contributed by atoms with van der Waals surface area (Å²) in [5.41, 5.74) is 5.05. The van der Waals surface area contributed by atoms with Gasteiger partial charge < -0.3 is 0 Å². The molecule has 0 saturated heterocycles. The Kier molecular flexibility index (Phi) is 3.35. The van der Waals surface area contributed by atoms with Crippen LogP contribution in [0, 0.1) is 24.0 Å². The number of rotatable bonds is 3. The molecule has 0 aliphatic carbocycles. The molecule has 0 N–H and O–H groups in total. The lowest BCUT2D eigenvalue weighted by Crippen LogP contribution is -2.00. The van der Waals surface area contributed by atoms with Crippen molar-refractivity contribution >= 4 is 11.3 Å². The van der Waals surface area contributed by atoms with Crippen LogP contribution in [0.4, 0.5) is 5.69 Å². The van der Waals surface area contributed by atoms with E-state index in [4.69, 9.17) is 0 Å². The van der Waals surface area contributed by atoms with Crippen molar-refractivity contribution in [1.29, 1.82) is 0 Å². The van der Waals surface area contributed by atoms with Gasteiger partial charge in [0.2, 0.25) is 0 Å². The molecule has 25 heavy (non-hydrogen) atoms. The van der Waals surface area contributed by atoms with E-state index in [2.05, 4.69) is 10.1 Å². The van der Waals surface area contributed by atoms with E-state index in [1.54, 1.807) is 29.9 Å². The molecular formula is C18H15N5O2. The molecule has 7 heteroatoms. The predicted molar refractivity (Wildman–Crippen MR) is 93.9 cm³/mol. The summed E-state index contributed by atoms with van der Waals surface area (Å²) < 4.78 is 3.67. The Bertz CT molecular complexity index is 1100. The van der Waals surface area contributed by atoms with Crippen molar-refractivity contribution in [2.75, 3.05) is 0 Å². The average molecular weight is 333 g/mol. The monoisotopic (exact) mass is 333 g/mol. The standard InChI is InChI=1S/C18H15N5O2/c1-12-8-13(2)17(23(24)25)10-16(12)21-6-7-22-18(21)9-15(20-22)14-4-3-5-19-11-14/h3-11H,1-2H3. The van der Waals surface area contributed by atoms with Gasteiger partial charge in [0.05, 0.1) is 16.3 Å². The van der Waals surface area contributed by atoms with Gasteiger partial charge in [-0.25, -0.2) is 4.52 Å². The number of nitro benzene ring substituents is 1. The van der Waals surface area contributed by atoms with Crippen LogP contribution in [0.5, 0.6) is 0 Å². The summed E-state index contributed by atoms with van der Waals surface area (Å²) in [6.07, 6.45) is 7.17. The van der Waals surface area contributed by atoms with Crippen molar-refractivity contribution in [1.82, 2.24) is 19.2 Å². The highest BCUT2D eigenvalue weighted by atomic mass is 16.6. The zero-order valence-electron chi connectivity index (χ0n) is 13.7. The third-order valence-corrected chi connectivity index (χ3v) is 4.25. The third kappa shape index (κ3) is 2.46. The highest BCUT2D eigenvalue weighted by molar-refractivity contribution is 5.66. The van der Waals surface area contributed by atoms with E-state index in [1.807, 2.05) is 48.1 Å². The number of benzene rings is 1. The first-order valence-corrected chi connectivity index (χ1v) is 7.78. The quantitative estimate of drug-likeness (QED) is 0.423. The van der Waals surface area contributed by atoms with Gasteiger partial charge in [-0.05, 0) is 37.6 Å². The van der Waals surface area contributed by atoms with E-state index in [0.29, 0.717) is 5.56 Å². The molecule has 0 aliphatic rings. The molecule has 1 aromatic carbocycles. The van der Waals surface area contributed by atoms with E-state index in [-0.39, 0.29) is 10.6 Å². The number of nitro groups is 1. The van der Waals surface area contributed by atoms with Gasteiger partial charge in [-0.3, -0.25) is 19.7 Å². The maximum absolute atomic E-state index is 11.3. The van der Waals surface area contributed by atoms with Gasteiger partial charge >= 0.3 is 0 Å². The number of nitrogens with zero attached hydrogens (tertiary/aromatic N) is 5. The molecule has 0 saturated carbocycles. The van der Waals surface area contributed by atoms with Crippen molar-refractivity contribution in [3.63, 3.8) is 0 Å². The van der Waals surface area contributed by atoms with Gasteiger partial charge in [0.1, 0.15) is 5.65 Å². The van der Waals surface area contributed by atoms with Crippen LogP contribution in [0.3, 0.4) is 0 Å². The molecule has 0 amide bonds. The summed E-state index contributed by atoms with van der Waals surface area (Å²) in [5.74, 6) is 0. The molecule has 4 rings (SSSR count). The molecule has 0 radical (unpaired) electrons. The van der Waals surface area contributed by atoms with Crippen molar-refractivity contribution in [2.45, 2.75) is 13.8 Å². The lowest BCUT2D eigenvalue weighted by atomic mass is 10.1. The molecule has 4 aromatic rings. The van der Waals surface area contributed by atoms with E-state index in [1.165, 1.54) is 0 Å². The average Bonchev–Trinajstić information content (AvgIpc) is 3.16. The topological polar surface area (TPSA) is 78.3 Å². The molecule has 0 atom stereocenters. The molecule has 0 bridgehead atoms. The predicted octanol–water partition coefficient (Wildman–Crippen LogP) is 3.71. The first-order chi connectivity index (χ1) is 12.0. The maximum Gasteiger partial charge on any atom is 0.274 e. The minimum Gasteiger partial charge on any atom is -0.300 e. The lowest BCUT2D eigenvalue weighted by molar-refractivity contribution is -0.385. The summed E-state index contributed by atoms with van der Waals surface area (Å²) in [5, 5.41) is 15.8. The minimum absolute atomic E-state index is 0.111. The van der Waals surface area contributed by atoms with Gasteiger partial charge in [0.15, 0.2) is 0 Å². The van der Waals surface area contributed by atoms with E-state index in [9.17, 15) is 10.1 Å². The van der Waals surface area contributed by atoms with Crippen LogP contribution in [0.2, 0.25) is 0 Å². The largest absolute Gasteiger partial charge is 0.300 e. The first kappa shape index (κ1) is 15.1. The number of fused-ring (bicyclic) bond motifs is 1. The van der Waals surface area contributed by atoms with Crippen LogP contribution < -0.4 is 0 Å². The molecule has 124 valence electrons. The first-order valence-electron chi connectivity index (χ1n) is 7.78. The van der Waals surface area contributed by atoms with Crippen LogP contribution in [0.25, 0.3) is 22.6 Å². The highest BCUT2D eigenvalue weighted by Gasteiger charge is 2.17. The van der Waals surface area contributed by atoms with Crippen molar-refractivity contribution in [3.05, 3.63) is 76.4 Å². The van der Waals surface area contributed by atoms with Crippen LogP contribution in [0.1, 0.15) is 11.1 Å². The Morgan fingerprint density at radius 3 is 2.68 bits per heavy atom. The lowest BCUT2D eigenvalue weighted by Gasteiger charge is -2.09. The van der Waals surface area contributed by atoms with Crippen molar-refractivity contribution < 1.29 is 4.92 Å². The number of hydrogen-bond acceptors (Lipinski definition) is 4. The molecule has 0 fully saturated rings. The summed E-state index contributed by atoms with van der Waals surface area (Å²) in [6.45, 7) is 3.69. The number of hydrogen-bond donors (Lipinski definition) is 0. The second kappa shape index (κ2) is 5.55. The molecular weight excluding hydrogens is 318 g/mol. The third-order valence-electron chi connectivity index (χ3n) is 4.25. The van der Waals surface area contributed by atoms with Gasteiger partial charge in [-0.15, -0.1) is 0 Å². The fraction of sp³-hybridized carbons (Fsp3) is 0.111. The number of pyridine rings is 1.